The molecule has 8 heteroatoms. The zero-order valence-electron chi connectivity index (χ0n) is 23.2. The van der Waals surface area contributed by atoms with E-state index in [2.05, 4.69) is 0 Å². The number of carbonyl (C=O) groups is 2. The van der Waals surface area contributed by atoms with Gasteiger partial charge < -0.3 is 24.2 Å². The summed E-state index contributed by atoms with van der Waals surface area (Å²) in [4.78, 5) is 30.3. The van der Waals surface area contributed by atoms with Gasteiger partial charge >= 0.3 is 6.09 Å². The van der Waals surface area contributed by atoms with E-state index in [1.54, 1.807) is 31.1 Å². The number of benzene rings is 3. The van der Waals surface area contributed by atoms with Crippen LogP contribution in [0.4, 0.5) is 20.6 Å². The van der Waals surface area contributed by atoms with Gasteiger partial charge in [-0.05, 0) is 75.2 Å². The molecule has 1 aliphatic rings. The van der Waals surface area contributed by atoms with Gasteiger partial charge in [0.2, 0.25) is 5.91 Å². The van der Waals surface area contributed by atoms with Crippen molar-refractivity contribution >= 4 is 23.4 Å². The minimum Gasteiger partial charge on any atom is -0.457 e. The zero-order chi connectivity index (χ0) is 28.2. The molecule has 0 aliphatic carbocycles. The molecule has 3 aromatic carbocycles. The van der Waals surface area contributed by atoms with Gasteiger partial charge in [0.15, 0.2) is 0 Å². The molecule has 3 aromatic rings. The summed E-state index contributed by atoms with van der Waals surface area (Å²) in [5.74, 6) is 0.866. The quantitative estimate of drug-likeness (QED) is 0.358. The number of halogens is 1. The van der Waals surface area contributed by atoms with E-state index in [-0.39, 0.29) is 24.5 Å². The smallest absolute Gasteiger partial charge is 0.410 e. The summed E-state index contributed by atoms with van der Waals surface area (Å²) in [7, 11) is 3.36. The molecule has 1 aliphatic heterocycles. The Labute approximate surface area is 229 Å². The van der Waals surface area contributed by atoms with Crippen molar-refractivity contribution in [3.63, 3.8) is 0 Å². The minimum atomic E-state index is -0.574. The van der Waals surface area contributed by atoms with Crippen LogP contribution in [0.1, 0.15) is 32.8 Å². The number of hydrogen-bond acceptors (Lipinski definition) is 5. The summed E-state index contributed by atoms with van der Waals surface area (Å²) in [5.41, 5.74) is 1.19. The van der Waals surface area contributed by atoms with E-state index < -0.39 is 11.4 Å². The first kappa shape index (κ1) is 28.0. The molecule has 1 atom stereocenters. The third-order valence-corrected chi connectivity index (χ3v) is 6.68. The van der Waals surface area contributed by atoms with E-state index in [0.717, 1.165) is 11.3 Å². The molecule has 4 rings (SSSR count). The van der Waals surface area contributed by atoms with Gasteiger partial charge in [0.1, 0.15) is 22.9 Å². The van der Waals surface area contributed by atoms with E-state index in [0.29, 0.717) is 36.6 Å². The Morgan fingerprint density at radius 1 is 0.974 bits per heavy atom. The van der Waals surface area contributed by atoms with Crippen LogP contribution >= 0.6 is 0 Å². The molecule has 2 amide bonds. The maximum absolute atomic E-state index is 15.2. The number of amides is 2. The number of anilines is 2. The maximum atomic E-state index is 15.2. The number of para-hydroxylation sites is 1. The van der Waals surface area contributed by atoms with Crippen molar-refractivity contribution in [3.8, 4) is 11.5 Å². The van der Waals surface area contributed by atoms with Crippen LogP contribution < -0.4 is 14.5 Å². The molecule has 1 heterocycles. The van der Waals surface area contributed by atoms with Crippen LogP contribution in [0.25, 0.3) is 0 Å². The molecule has 0 aromatic heterocycles. The summed E-state index contributed by atoms with van der Waals surface area (Å²) in [6, 6.07) is 21.6. The monoisotopic (exact) mass is 533 g/mol. The Hall–Kier alpha value is -4.07. The molecule has 1 fully saturated rings. The van der Waals surface area contributed by atoms with Crippen LogP contribution in [0.3, 0.4) is 0 Å². The number of ether oxygens (including phenoxy) is 2. The topological polar surface area (TPSA) is 62.3 Å². The number of likely N-dealkylation sites (N-methyl/N-ethyl adjacent to an activating group) is 2. The number of carbonyl (C=O) groups excluding carboxylic acids is 2. The second kappa shape index (κ2) is 11.8. The SMILES string of the molecule is CN(C(=O)Cc1ccc(Oc2ccccc2)cc1)c1ccc(N2CCC(N(C)C(=O)OC(C)(C)C)C2)c(F)c1. The molecule has 0 radical (unpaired) electrons. The van der Waals surface area contributed by atoms with Crippen molar-refractivity contribution in [2.24, 2.45) is 0 Å². The summed E-state index contributed by atoms with van der Waals surface area (Å²) in [6.07, 6.45) is 0.504. The van der Waals surface area contributed by atoms with Crippen molar-refractivity contribution < 1.29 is 23.5 Å². The van der Waals surface area contributed by atoms with Crippen LogP contribution in [0, 0.1) is 5.82 Å². The lowest BCUT2D eigenvalue weighted by Crippen LogP contribution is -2.42. The lowest BCUT2D eigenvalue weighted by atomic mass is 10.1. The molecule has 0 spiro atoms. The standard InChI is InChI=1S/C31H36FN3O4/c1-31(2,3)39-30(37)34(5)24-17-18-35(21-24)28-16-13-23(20-27(28)32)33(4)29(36)19-22-11-14-26(15-12-22)38-25-9-7-6-8-10-25/h6-16,20,24H,17-19,21H2,1-5H3. The van der Waals surface area contributed by atoms with Crippen molar-refractivity contribution in [1.29, 1.82) is 0 Å². The van der Waals surface area contributed by atoms with Crippen molar-refractivity contribution in [1.82, 2.24) is 4.90 Å². The molecular formula is C31H36FN3O4. The van der Waals surface area contributed by atoms with Crippen molar-refractivity contribution in [2.45, 2.75) is 45.3 Å². The van der Waals surface area contributed by atoms with Gasteiger partial charge in [-0.25, -0.2) is 9.18 Å². The Kier molecular flexibility index (Phi) is 8.43. The fourth-order valence-corrected chi connectivity index (χ4v) is 4.46. The van der Waals surface area contributed by atoms with E-state index in [1.807, 2.05) is 80.3 Å². The molecule has 39 heavy (non-hydrogen) atoms. The van der Waals surface area contributed by atoms with Gasteiger partial charge in [-0.2, -0.15) is 0 Å². The highest BCUT2D eigenvalue weighted by Gasteiger charge is 2.32. The zero-order valence-corrected chi connectivity index (χ0v) is 23.2. The van der Waals surface area contributed by atoms with Gasteiger partial charge in [0.25, 0.3) is 0 Å². The average Bonchev–Trinajstić information content (AvgIpc) is 3.38. The van der Waals surface area contributed by atoms with Gasteiger partial charge in [-0.15, -0.1) is 0 Å². The van der Waals surface area contributed by atoms with Crippen LogP contribution in [-0.2, 0) is 16.0 Å². The Morgan fingerprint density at radius 3 is 2.28 bits per heavy atom. The summed E-state index contributed by atoms with van der Waals surface area (Å²) < 4.78 is 26.5. The Bertz CT molecular complexity index is 1290. The normalized spacial score (nSPS) is 15.1. The first-order chi connectivity index (χ1) is 18.5. The molecule has 0 N–H and O–H groups in total. The van der Waals surface area contributed by atoms with Gasteiger partial charge in [0.05, 0.1) is 18.2 Å². The van der Waals surface area contributed by atoms with Gasteiger partial charge in [-0.1, -0.05) is 30.3 Å². The van der Waals surface area contributed by atoms with E-state index in [4.69, 9.17) is 9.47 Å². The second-order valence-electron chi connectivity index (χ2n) is 10.8. The van der Waals surface area contributed by atoms with Gasteiger partial charge in [-0.3, -0.25) is 4.79 Å². The Morgan fingerprint density at radius 2 is 1.64 bits per heavy atom. The van der Waals surface area contributed by atoms with Crippen molar-refractivity contribution in [3.05, 3.63) is 84.2 Å². The average molecular weight is 534 g/mol. The van der Waals surface area contributed by atoms with E-state index in [1.165, 1.54) is 11.0 Å². The molecular weight excluding hydrogens is 497 g/mol. The maximum Gasteiger partial charge on any atom is 0.410 e. The Balaban J connectivity index is 1.34. The highest BCUT2D eigenvalue weighted by atomic mass is 19.1. The molecule has 1 saturated heterocycles. The first-order valence-electron chi connectivity index (χ1n) is 13.1. The van der Waals surface area contributed by atoms with Gasteiger partial charge in [0, 0.05) is 32.9 Å². The lowest BCUT2D eigenvalue weighted by molar-refractivity contribution is -0.117. The predicted octanol–water partition coefficient (Wildman–Crippen LogP) is 6.27. The third kappa shape index (κ3) is 7.28. The highest BCUT2D eigenvalue weighted by Crippen LogP contribution is 2.29. The highest BCUT2D eigenvalue weighted by molar-refractivity contribution is 5.94. The molecule has 1 unspecified atom stereocenters. The van der Waals surface area contributed by atoms with Crippen LogP contribution in [0.2, 0.25) is 0 Å². The molecule has 0 bridgehead atoms. The third-order valence-electron chi connectivity index (χ3n) is 6.68. The fourth-order valence-electron chi connectivity index (χ4n) is 4.46. The van der Waals surface area contributed by atoms with Crippen LogP contribution in [0.5, 0.6) is 11.5 Å². The predicted molar refractivity (Wildman–Crippen MR) is 151 cm³/mol. The summed E-state index contributed by atoms with van der Waals surface area (Å²) >= 11 is 0. The molecule has 0 saturated carbocycles. The second-order valence-corrected chi connectivity index (χ2v) is 10.8. The number of rotatable bonds is 7. The molecule has 7 nitrogen and oxygen atoms in total. The summed E-state index contributed by atoms with van der Waals surface area (Å²) in [5, 5.41) is 0. The van der Waals surface area contributed by atoms with Crippen LogP contribution in [-0.4, -0.2) is 55.7 Å². The van der Waals surface area contributed by atoms with E-state index in [9.17, 15) is 9.59 Å². The largest absolute Gasteiger partial charge is 0.457 e. The molecule has 206 valence electrons. The fraction of sp³-hybridized carbons (Fsp3) is 0.355. The lowest BCUT2D eigenvalue weighted by Gasteiger charge is -2.29. The number of hydrogen-bond donors (Lipinski definition) is 0. The van der Waals surface area contributed by atoms with Crippen molar-refractivity contribution in [2.75, 3.05) is 37.0 Å². The first-order valence-corrected chi connectivity index (χ1v) is 13.1. The van der Waals surface area contributed by atoms with E-state index >= 15 is 4.39 Å². The number of nitrogens with zero attached hydrogens (tertiary/aromatic N) is 3. The summed E-state index contributed by atoms with van der Waals surface area (Å²) in [6.45, 7) is 6.61. The minimum absolute atomic E-state index is 0.0762. The van der Waals surface area contributed by atoms with Crippen LogP contribution in [0.15, 0.2) is 72.8 Å².